The van der Waals surface area contributed by atoms with Crippen molar-refractivity contribution in [3.63, 3.8) is 0 Å². The number of amides is 1. The van der Waals surface area contributed by atoms with Gasteiger partial charge in [-0.05, 0) is 0 Å². The maximum atomic E-state index is 11.9. The first-order chi connectivity index (χ1) is 16.2. The molecule has 2 heterocycles. The third kappa shape index (κ3) is 7.06. The summed E-state index contributed by atoms with van der Waals surface area (Å²) < 4.78 is 39.2. The maximum Gasteiger partial charge on any atom is 0.303 e. The summed E-state index contributed by atoms with van der Waals surface area (Å²) in [5.41, 5.74) is 0. The highest BCUT2D eigenvalue weighted by molar-refractivity contribution is 5.80. The number of carbonyl (C=O) groups excluding carboxylic acids is 1. The van der Waals surface area contributed by atoms with E-state index in [0.29, 0.717) is 0 Å². The quantitative estimate of drug-likeness (QED) is 0.247. The second-order valence-electron chi connectivity index (χ2n) is 8.32. The first kappa shape index (κ1) is 28.8. The molecule has 0 aromatic carbocycles. The average Bonchev–Trinajstić information content (AvgIpc) is 2.81. The number of aliphatic carboxylic acids is 1. The lowest BCUT2D eigenvalue weighted by Gasteiger charge is -2.47. The summed E-state index contributed by atoms with van der Waals surface area (Å²) in [5.74, 6) is -1.98. The normalized spacial score (nSPS) is 38.4. The summed E-state index contributed by atoms with van der Waals surface area (Å²) in [4.78, 5) is 22.6. The highest BCUT2D eigenvalue weighted by Gasteiger charge is 2.51. The van der Waals surface area contributed by atoms with Gasteiger partial charge in [0.2, 0.25) is 5.91 Å². The molecule has 2 aliphatic heterocycles. The molecule has 10 atom stereocenters. The van der Waals surface area contributed by atoms with Gasteiger partial charge in [-0.15, -0.1) is 0 Å². The molecule has 0 radical (unpaired) electrons. The lowest BCUT2D eigenvalue weighted by molar-refractivity contribution is -0.355. The van der Waals surface area contributed by atoms with E-state index in [9.17, 15) is 19.8 Å². The summed E-state index contributed by atoms with van der Waals surface area (Å²) in [6.45, 7) is 1.83. The molecule has 2 aliphatic rings. The van der Waals surface area contributed by atoms with Crippen molar-refractivity contribution < 1.29 is 58.1 Å². The second-order valence-corrected chi connectivity index (χ2v) is 8.32. The smallest absolute Gasteiger partial charge is 0.303 e. The maximum absolute atomic E-state index is 11.9. The zero-order valence-corrected chi connectivity index (χ0v) is 20.1. The van der Waals surface area contributed by atoms with Gasteiger partial charge in [0.15, 0.2) is 12.6 Å². The van der Waals surface area contributed by atoms with Gasteiger partial charge in [-0.2, -0.15) is 0 Å². The molecule has 2 fully saturated rings. The lowest BCUT2D eigenvalue weighted by atomic mass is 9.90. The Kier molecular flexibility index (Phi) is 11.5. The van der Waals surface area contributed by atoms with Crippen LogP contribution in [-0.2, 0) is 42.7 Å². The molecule has 0 aliphatic carbocycles. The molecule has 2 saturated heterocycles. The zero-order valence-electron chi connectivity index (χ0n) is 20.1. The monoisotopic (exact) mass is 495 g/mol. The average molecular weight is 496 g/mol. The van der Waals surface area contributed by atoms with Crippen molar-refractivity contribution in [2.45, 2.75) is 75.1 Å². The van der Waals surface area contributed by atoms with E-state index in [2.05, 4.69) is 5.32 Å². The van der Waals surface area contributed by atoms with Crippen molar-refractivity contribution in [2.75, 3.05) is 41.6 Å². The second kappa shape index (κ2) is 13.6. The topological polar surface area (TPSA) is 171 Å². The van der Waals surface area contributed by atoms with Crippen molar-refractivity contribution in [2.24, 2.45) is 5.92 Å². The van der Waals surface area contributed by atoms with Crippen LogP contribution in [-0.4, -0.2) is 124 Å². The summed E-state index contributed by atoms with van der Waals surface area (Å²) in [6.07, 6.45) is -8.82. The molecule has 0 aromatic heterocycles. The van der Waals surface area contributed by atoms with Crippen LogP contribution in [0.2, 0.25) is 0 Å². The number of carboxylic acids is 1. The van der Waals surface area contributed by atoms with Crippen molar-refractivity contribution in [3.8, 4) is 0 Å². The molecule has 1 amide bonds. The summed E-state index contributed by atoms with van der Waals surface area (Å²) >= 11 is 0. The number of carbonyl (C=O) groups is 2. The van der Waals surface area contributed by atoms with Gasteiger partial charge in [0.25, 0.3) is 0 Å². The van der Waals surface area contributed by atoms with Gasteiger partial charge in [-0.3, -0.25) is 9.59 Å². The Hall–Kier alpha value is -1.42. The van der Waals surface area contributed by atoms with Crippen LogP contribution >= 0.6 is 0 Å². The van der Waals surface area contributed by atoms with Crippen LogP contribution in [0.1, 0.15) is 19.8 Å². The predicted octanol–water partition coefficient (Wildman–Crippen LogP) is -1.52. The summed E-state index contributed by atoms with van der Waals surface area (Å²) in [5, 5.41) is 33.1. The van der Waals surface area contributed by atoms with Gasteiger partial charge < -0.3 is 53.8 Å². The number of aliphatic hydroxyl groups is 2. The molecule has 0 aromatic rings. The molecule has 13 nitrogen and oxygen atoms in total. The van der Waals surface area contributed by atoms with E-state index < -0.39 is 73.1 Å². The molecular weight excluding hydrogens is 458 g/mol. The van der Waals surface area contributed by atoms with Gasteiger partial charge in [0, 0.05) is 47.3 Å². The zero-order chi connectivity index (χ0) is 25.4. The number of ether oxygens (including phenoxy) is 7. The van der Waals surface area contributed by atoms with Crippen LogP contribution in [0.15, 0.2) is 0 Å². The number of hydrogen-bond donors (Lipinski definition) is 4. The molecule has 0 spiro atoms. The molecule has 0 saturated carbocycles. The Morgan fingerprint density at radius 2 is 1.47 bits per heavy atom. The molecule has 198 valence electrons. The fourth-order valence-electron chi connectivity index (χ4n) is 4.13. The van der Waals surface area contributed by atoms with Crippen LogP contribution in [0.25, 0.3) is 0 Å². The van der Waals surface area contributed by atoms with E-state index in [4.69, 9.17) is 38.3 Å². The van der Waals surface area contributed by atoms with Crippen molar-refractivity contribution in [3.05, 3.63) is 0 Å². The highest BCUT2D eigenvalue weighted by atomic mass is 16.7. The Bertz CT molecular complexity index is 649. The van der Waals surface area contributed by atoms with Crippen molar-refractivity contribution >= 4 is 11.9 Å². The predicted molar refractivity (Wildman–Crippen MR) is 114 cm³/mol. The Balaban J connectivity index is 2.14. The fourth-order valence-corrected chi connectivity index (χ4v) is 4.13. The number of aliphatic hydroxyl groups excluding tert-OH is 2. The molecule has 0 bridgehead atoms. The minimum atomic E-state index is -1.18. The molecule has 4 N–H and O–H groups in total. The molecule has 2 rings (SSSR count). The van der Waals surface area contributed by atoms with E-state index in [0.717, 1.165) is 0 Å². The van der Waals surface area contributed by atoms with Crippen LogP contribution in [0.4, 0.5) is 0 Å². The van der Waals surface area contributed by atoms with Crippen LogP contribution in [0.5, 0.6) is 0 Å². The van der Waals surface area contributed by atoms with Gasteiger partial charge in [0.1, 0.15) is 30.5 Å². The van der Waals surface area contributed by atoms with E-state index in [1.807, 2.05) is 0 Å². The van der Waals surface area contributed by atoms with Crippen molar-refractivity contribution in [1.29, 1.82) is 0 Å². The number of hydrogen-bond acceptors (Lipinski definition) is 11. The first-order valence-corrected chi connectivity index (χ1v) is 11.1. The first-order valence-electron chi connectivity index (χ1n) is 11.1. The van der Waals surface area contributed by atoms with Gasteiger partial charge >= 0.3 is 5.97 Å². The Labute approximate surface area is 198 Å². The van der Waals surface area contributed by atoms with Crippen LogP contribution < -0.4 is 5.32 Å². The lowest BCUT2D eigenvalue weighted by Crippen LogP contribution is -2.64. The van der Waals surface area contributed by atoms with Gasteiger partial charge in [-0.25, -0.2) is 0 Å². The Morgan fingerprint density at radius 3 is 2.03 bits per heavy atom. The fraction of sp³-hybridized carbons (Fsp3) is 0.905. The Morgan fingerprint density at radius 1 is 0.853 bits per heavy atom. The van der Waals surface area contributed by atoms with E-state index in [1.54, 1.807) is 6.92 Å². The van der Waals surface area contributed by atoms with E-state index >= 15 is 0 Å². The SMILES string of the molecule is COCC1O[C@@H](OC)C(OC)[C@@H](O)[C@H]1O[C@@H]1OC(CNC(=O)CCC(=O)O)[C@H](C)[C@H](O)C1OC. The number of carboxylic acid groups (broad SMARTS) is 1. The summed E-state index contributed by atoms with van der Waals surface area (Å²) in [6, 6.07) is 0. The minimum Gasteiger partial charge on any atom is -0.481 e. The van der Waals surface area contributed by atoms with Crippen molar-refractivity contribution in [1.82, 2.24) is 5.32 Å². The van der Waals surface area contributed by atoms with Crippen LogP contribution in [0.3, 0.4) is 0 Å². The molecule has 13 heteroatoms. The molecular formula is C21H37NO12. The van der Waals surface area contributed by atoms with Gasteiger partial charge in [0.05, 0.1) is 25.2 Å². The highest BCUT2D eigenvalue weighted by Crippen LogP contribution is 2.33. The largest absolute Gasteiger partial charge is 0.481 e. The standard InChI is InChI=1S/C21H37NO12/c1-10-11(8-22-13(23)6-7-14(24)25)32-21(18(29-3)15(10)26)34-17-12(9-28-2)33-20(31-5)19(30-4)16(17)27/h10-12,15-21,26-27H,6-9H2,1-5H3,(H,22,23)(H,24,25)/t10-,11?,12?,15-,16-,17-,18?,19?,20+,21-/m0/s1. The van der Waals surface area contributed by atoms with Gasteiger partial charge in [-0.1, -0.05) is 6.92 Å². The summed E-state index contributed by atoms with van der Waals surface area (Å²) in [7, 11) is 5.70. The third-order valence-corrected chi connectivity index (χ3v) is 6.12. The number of methoxy groups -OCH3 is 4. The molecule has 4 unspecified atom stereocenters. The van der Waals surface area contributed by atoms with Crippen LogP contribution in [0, 0.1) is 5.92 Å². The third-order valence-electron chi connectivity index (χ3n) is 6.12. The molecule has 34 heavy (non-hydrogen) atoms. The number of nitrogens with one attached hydrogen (secondary N) is 1. The van der Waals surface area contributed by atoms with E-state index in [-0.39, 0.29) is 26.0 Å². The number of rotatable bonds is 12. The van der Waals surface area contributed by atoms with E-state index in [1.165, 1.54) is 28.4 Å². The minimum absolute atomic E-state index is 0.0185.